The molecule has 0 fully saturated rings. The third-order valence-corrected chi connectivity index (χ3v) is 2.14. The van der Waals surface area contributed by atoms with E-state index in [1.807, 2.05) is 18.2 Å². The fourth-order valence-electron chi connectivity index (χ4n) is 0.502. The van der Waals surface area contributed by atoms with Crippen molar-refractivity contribution < 1.29 is 5.11 Å². The van der Waals surface area contributed by atoms with E-state index < -0.39 is 0 Å². The number of anilines is 1. The molecule has 0 bridgehead atoms. The van der Waals surface area contributed by atoms with Crippen LogP contribution < -0.4 is 5.73 Å². The van der Waals surface area contributed by atoms with Crippen LogP contribution in [0.4, 0.5) is 5.69 Å². The Morgan fingerprint density at radius 2 is 1.82 bits per heavy atom. The lowest BCUT2D eigenvalue weighted by Crippen LogP contribution is -1.84. The van der Waals surface area contributed by atoms with Crippen LogP contribution in [0.2, 0.25) is 0 Å². The van der Waals surface area contributed by atoms with Crippen LogP contribution in [0.15, 0.2) is 27.1 Å². The highest BCUT2D eigenvalue weighted by atomic mass is 79.9. The van der Waals surface area contributed by atoms with E-state index in [2.05, 4.69) is 31.9 Å². The van der Waals surface area contributed by atoms with Gasteiger partial charge in [0.25, 0.3) is 0 Å². The molecule has 0 aliphatic rings. The van der Waals surface area contributed by atoms with Gasteiger partial charge in [0.1, 0.15) is 0 Å². The Morgan fingerprint density at radius 1 is 1.27 bits per heavy atom. The molecule has 0 radical (unpaired) electrons. The van der Waals surface area contributed by atoms with Crippen LogP contribution in [0, 0.1) is 0 Å². The average molecular weight is 283 g/mol. The van der Waals surface area contributed by atoms with E-state index in [1.54, 1.807) is 0 Å². The van der Waals surface area contributed by atoms with Crippen molar-refractivity contribution in [3.05, 3.63) is 27.1 Å². The Bertz CT molecular complexity index is 228. The SMILES string of the molecule is CO.Nc1ccc(Br)cc1Br. The summed E-state index contributed by atoms with van der Waals surface area (Å²) in [7, 11) is 1.00. The summed E-state index contributed by atoms with van der Waals surface area (Å²) in [6.07, 6.45) is 0. The molecule has 0 saturated heterocycles. The molecule has 1 aromatic rings. The maximum absolute atomic E-state index is 7.00. The minimum atomic E-state index is 0.762. The fraction of sp³-hybridized carbons (Fsp3) is 0.143. The van der Waals surface area contributed by atoms with Gasteiger partial charge in [-0.3, -0.25) is 0 Å². The number of hydrogen-bond donors (Lipinski definition) is 2. The lowest BCUT2D eigenvalue weighted by atomic mass is 10.3. The van der Waals surface area contributed by atoms with Gasteiger partial charge in [-0.1, -0.05) is 15.9 Å². The number of benzene rings is 1. The first-order valence-electron chi connectivity index (χ1n) is 2.85. The van der Waals surface area contributed by atoms with Gasteiger partial charge in [-0.2, -0.15) is 0 Å². The first-order chi connectivity index (χ1) is 5.20. The van der Waals surface area contributed by atoms with Crippen molar-refractivity contribution in [1.29, 1.82) is 0 Å². The van der Waals surface area contributed by atoms with Gasteiger partial charge in [0, 0.05) is 21.7 Å². The lowest BCUT2D eigenvalue weighted by Gasteiger charge is -1.95. The van der Waals surface area contributed by atoms with Crippen LogP contribution in [-0.2, 0) is 0 Å². The maximum Gasteiger partial charge on any atom is 0.0459 e. The summed E-state index contributed by atoms with van der Waals surface area (Å²) in [4.78, 5) is 0. The van der Waals surface area contributed by atoms with E-state index in [1.165, 1.54) is 0 Å². The van der Waals surface area contributed by atoms with Crippen LogP contribution in [0.1, 0.15) is 0 Å². The van der Waals surface area contributed by atoms with E-state index in [4.69, 9.17) is 10.8 Å². The van der Waals surface area contributed by atoms with Gasteiger partial charge in [-0.05, 0) is 34.1 Å². The van der Waals surface area contributed by atoms with Gasteiger partial charge in [-0.15, -0.1) is 0 Å². The number of nitrogens with two attached hydrogens (primary N) is 1. The fourth-order valence-corrected chi connectivity index (χ4v) is 1.55. The van der Waals surface area contributed by atoms with Gasteiger partial charge in [0.15, 0.2) is 0 Å². The van der Waals surface area contributed by atoms with Gasteiger partial charge in [0.2, 0.25) is 0 Å². The second-order valence-corrected chi connectivity index (χ2v) is 3.44. The molecular formula is C7H9Br2NO. The molecule has 11 heavy (non-hydrogen) atoms. The quantitative estimate of drug-likeness (QED) is 0.718. The largest absolute Gasteiger partial charge is 0.400 e. The summed E-state index contributed by atoms with van der Waals surface area (Å²) in [5.74, 6) is 0. The highest BCUT2D eigenvalue weighted by Crippen LogP contribution is 2.22. The third-order valence-electron chi connectivity index (χ3n) is 0.962. The molecule has 0 spiro atoms. The molecule has 0 saturated carbocycles. The summed E-state index contributed by atoms with van der Waals surface area (Å²) in [5.41, 5.74) is 6.28. The molecule has 4 heteroatoms. The molecule has 1 rings (SSSR count). The highest BCUT2D eigenvalue weighted by Gasteiger charge is 1.92. The molecule has 1 aromatic carbocycles. The first-order valence-corrected chi connectivity index (χ1v) is 4.44. The summed E-state index contributed by atoms with van der Waals surface area (Å²) in [6.45, 7) is 0. The van der Waals surface area contributed by atoms with Gasteiger partial charge >= 0.3 is 0 Å². The monoisotopic (exact) mass is 281 g/mol. The Hall–Kier alpha value is -0.0600. The predicted molar refractivity (Wildman–Crippen MR) is 54.4 cm³/mol. The topological polar surface area (TPSA) is 46.2 Å². The van der Waals surface area contributed by atoms with Gasteiger partial charge < -0.3 is 10.8 Å². The molecule has 62 valence electrons. The van der Waals surface area contributed by atoms with Crippen molar-refractivity contribution >= 4 is 37.5 Å². The minimum absolute atomic E-state index is 0.762. The lowest BCUT2D eigenvalue weighted by molar-refractivity contribution is 0.399. The standard InChI is InChI=1S/C6H5Br2N.CH4O/c7-4-1-2-6(9)5(8)3-4;1-2/h1-3H,9H2;2H,1H3. The number of rotatable bonds is 0. The van der Waals surface area contributed by atoms with Crippen LogP contribution in [-0.4, -0.2) is 12.2 Å². The summed E-state index contributed by atoms with van der Waals surface area (Å²) >= 11 is 6.60. The van der Waals surface area contributed by atoms with Crippen LogP contribution in [0.3, 0.4) is 0 Å². The highest BCUT2D eigenvalue weighted by molar-refractivity contribution is 9.11. The summed E-state index contributed by atoms with van der Waals surface area (Å²) < 4.78 is 1.96. The van der Waals surface area contributed by atoms with Gasteiger partial charge in [0.05, 0.1) is 0 Å². The smallest absolute Gasteiger partial charge is 0.0459 e. The normalized spacial score (nSPS) is 8.36. The van der Waals surface area contributed by atoms with Crippen molar-refractivity contribution in [2.24, 2.45) is 0 Å². The molecule has 0 heterocycles. The van der Waals surface area contributed by atoms with E-state index >= 15 is 0 Å². The molecule has 0 aromatic heterocycles. The molecule has 0 amide bonds. The Labute approximate surface area is 82.7 Å². The van der Waals surface area contributed by atoms with Crippen molar-refractivity contribution in [3.8, 4) is 0 Å². The van der Waals surface area contributed by atoms with E-state index in [0.717, 1.165) is 21.7 Å². The number of aliphatic hydroxyl groups is 1. The van der Waals surface area contributed by atoms with Crippen molar-refractivity contribution in [2.75, 3.05) is 12.8 Å². The molecule has 0 unspecified atom stereocenters. The molecule has 0 atom stereocenters. The molecule has 0 aliphatic heterocycles. The Kier molecular flexibility index (Phi) is 5.54. The summed E-state index contributed by atoms with van der Waals surface area (Å²) in [5, 5.41) is 7.00. The van der Waals surface area contributed by atoms with Crippen molar-refractivity contribution in [3.63, 3.8) is 0 Å². The Morgan fingerprint density at radius 3 is 2.18 bits per heavy atom. The van der Waals surface area contributed by atoms with E-state index in [9.17, 15) is 0 Å². The predicted octanol–water partition coefficient (Wildman–Crippen LogP) is 2.40. The van der Waals surface area contributed by atoms with Crippen molar-refractivity contribution in [2.45, 2.75) is 0 Å². The third kappa shape index (κ3) is 3.74. The molecule has 3 N–H and O–H groups in total. The second-order valence-electron chi connectivity index (χ2n) is 1.67. The first kappa shape index (κ1) is 10.9. The number of hydrogen-bond acceptors (Lipinski definition) is 2. The number of nitrogen functional groups attached to an aromatic ring is 1. The zero-order chi connectivity index (χ0) is 8.85. The zero-order valence-corrected chi connectivity index (χ0v) is 9.18. The van der Waals surface area contributed by atoms with Crippen LogP contribution in [0.5, 0.6) is 0 Å². The number of aliphatic hydroxyl groups excluding tert-OH is 1. The molecular weight excluding hydrogens is 274 g/mol. The maximum atomic E-state index is 7.00. The summed E-state index contributed by atoms with van der Waals surface area (Å²) in [6, 6.07) is 5.66. The number of halogens is 2. The average Bonchev–Trinajstić information content (AvgIpc) is 2.02. The van der Waals surface area contributed by atoms with E-state index in [-0.39, 0.29) is 0 Å². The van der Waals surface area contributed by atoms with Crippen LogP contribution >= 0.6 is 31.9 Å². The van der Waals surface area contributed by atoms with Crippen LogP contribution in [0.25, 0.3) is 0 Å². The van der Waals surface area contributed by atoms with E-state index in [0.29, 0.717) is 0 Å². The Balaban J connectivity index is 0.000000461. The second kappa shape index (κ2) is 5.57. The molecule has 0 aliphatic carbocycles. The van der Waals surface area contributed by atoms with Crippen molar-refractivity contribution in [1.82, 2.24) is 0 Å². The molecule has 2 nitrogen and oxygen atoms in total. The van der Waals surface area contributed by atoms with Gasteiger partial charge in [-0.25, -0.2) is 0 Å². The minimum Gasteiger partial charge on any atom is -0.400 e. The zero-order valence-electron chi connectivity index (χ0n) is 6.01.